The maximum Gasteiger partial charge on any atom is 0.333 e. The predicted octanol–water partition coefficient (Wildman–Crippen LogP) is 16.4. The first-order valence-corrected chi connectivity index (χ1v) is 40.6. The van der Waals surface area contributed by atoms with Crippen molar-refractivity contribution in [2.75, 3.05) is 105 Å². The second kappa shape index (κ2) is 40.6. The Morgan fingerprint density at radius 3 is 0.721 bits per heavy atom. The summed E-state index contributed by atoms with van der Waals surface area (Å²) in [5.41, 5.74) is 4.02. The lowest BCUT2D eigenvalue weighted by Crippen LogP contribution is -2.56. The number of ether oxygens (including phenoxy) is 12. The van der Waals surface area contributed by atoms with E-state index in [0.717, 1.165) is 32.1 Å². The van der Waals surface area contributed by atoms with Crippen molar-refractivity contribution < 1.29 is 105 Å². The predicted molar refractivity (Wildman–Crippen MR) is 460 cm³/mol. The fraction of sp³-hybridized carbons (Fsp3) is 0.354. The summed E-state index contributed by atoms with van der Waals surface area (Å²) in [5.74, 6) is -6.71. The van der Waals surface area contributed by atoms with Crippen molar-refractivity contribution >= 4 is 102 Å². The van der Waals surface area contributed by atoms with Crippen LogP contribution in [-0.2, 0) is 66.7 Å². The van der Waals surface area contributed by atoms with Crippen LogP contribution in [0.4, 0.5) is 0 Å². The topological polar surface area (TPSA) is 294 Å². The van der Waals surface area contributed by atoms with Gasteiger partial charge in [-0.05, 0) is 153 Å². The van der Waals surface area contributed by atoms with Crippen LogP contribution in [0.5, 0.6) is 46.0 Å². The van der Waals surface area contributed by atoms with Crippen LogP contribution in [0.2, 0.25) is 0 Å². The number of esters is 4. The Morgan fingerprint density at radius 1 is 0.311 bits per heavy atom. The van der Waals surface area contributed by atoms with Crippen LogP contribution >= 0.6 is 0 Å². The molecule has 0 saturated heterocycles. The third-order valence-electron chi connectivity index (χ3n) is 20.4. The minimum Gasteiger partial charge on any atom is -0.460 e. The fourth-order valence-electron chi connectivity index (χ4n) is 14.4. The van der Waals surface area contributed by atoms with Gasteiger partial charge in [-0.25, -0.2) is 19.2 Å². The van der Waals surface area contributed by atoms with Crippen LogP contribution in [0.15, 0.2) is 170 Å². The van der Waals surface area contributed by atoms with E-state index in [2.05, 4.69) is 26.3 Å². The zero-order valence-corrected chi connectivity index (χ0v) is 71.2. The molecule has 2 aliphatic heterocycles. The molecule has 0 aromatic heterocycles. The molecule has 2 atom stereocenters. The number of carbonyl (C=O) groups excluding carboxylic acids is 10. The van der Waals surface area contributed by atoms with Gasteiger partial charge in [0.15, 0.2) is 0 Å². The smallest absolute Gasteiger partial charge is 0.333 e. The fourth-order valence-corrected chi connectivity index (χ4v) is 14.4. The number of aryl methyl sites for hydroxylation is 4. The first-order chi connectivity index (χ1) is 58.3. The molecule has 2 unspecified atom stereocenters. The first kappa shape index (κ1) is 90.2. The van der Waals surface area contributed by atoms with Crippen LogP contribution in [0.3, 0.4) is 0 Å². The van der Waals surface area contributed by atoms with Gasteiger partial charge in [0.25, 0.3) is 23.6 Å². The third-order valence-corrected chi connectivity index (χ3v) is 20.4. The quantitative estimate of drug-likeness (QED) is 0.00652. The van der Waals surface area contributed by atoms with Gasteiger partial charge in [-0.2, -0.15) is 0 Å². The number of imide groups is 2. The molecule has 0 aliphatic carbocycles. The third kappa shape index (κ3) is 21.2. The van der Waals surface area contributed by atoms with Gasteiger partial charge >= 0.3 is 23.9 Å². The molecule has 0 bridgehead atoms. The van der Waals surface area contributed by atoms with Crippen LogP contribution < -0.4 is 18.9 Å². The van der Waals surface area contributed by atoms with Crippen molar-refractivity contribution in [3.05, 3.63) is 214 Å². The summed E-state index contributed by atoms with van der Waals surface area (Å²) in [6.45, 7) is 34.2. The molecule has 9 aromatic rings. The van der Waals surface area contributed by atoms with Gasteiger partial charge in [-0.1, -0.05) is 125 Å². The number of amides is 6. The maximum absolute atomic E-state index is 16.7. The molecule has 640 valence electrons. The van der Waals surface area contributed by atoms with Gasteiger partial charge in [0.1, 0.15) is 84.5 Å². The van der Waals surface area contributed by atoms with Crippen molar-refractivity contribution in [1.29, 1.82) is 0 Å². The van der Waals surface area contributed by atoms with E-state index in [1.54, 1.807) is 48.5 Å². The van der Waals surface area contributed by atoms with Gasteiger partial charge in [0, 0.05) is 91.6 Å². The first-order valence-electron chi connectivity index (χ1n) is 40.6. The average Bonchev–Trinajstić information content (AvgIpc) is 0.669. The van der Waals surface area contributed by atoms with Crippen molar-refractivity contribution in [1.82, 2.24) is 19.6 Å². The number of rotatable bonds is 44. The molecule has 0 spiro atoms. The van der Waals surface area contributed by atoms with E-state index in [1.165, 1.54) is 61.8 Å². The standard InChI is InChI=1S/C96H104N4O22/c1-55(2)49-73(91(105)97(33-37-111-41-45-115-93(107)57(5)6)34-38-112-42-46-116-94(108)58(7)8)99-87(101)69-51-75(119-65-25-17-61(13)18-26-65)81-83-77(121-67-29-21-63(15)22-30-67)53-71-80-72(54-78(122-68-31-23-64(16)24-32-68)84(86(80)83)82-76(120-66-27-19-62(14)20-28-66)52-70(88(99)102)79(69)85(81)82)90(104)100(89(71)103)74(50-56(3)4)92(106)98(35-39-113-43-47-117-95(109)59(9)10)36-40-114-44-48-118-96(110)60(11)12/h17-32,51-56,73-74H,5,7,9,11,33-50H2,1-4,6,8,10,12-16H3. The molecule has 2 heterocycles. The van der Waals surface area contributed by atoms with Gasteiger partial charge in [0.05, 0.1) is 75.1 Å². The summed E-state index contributed by atoms with van der Waals surface area (Å²) in [6.07, 6.45) is -0.0937. The Balaban J connectivity index is 1.17. The van der Waals surface area contributed by atoms with Crippen molar-refractivity contribution in [2.24, 2.45) is 11.8 Å². The molecule has 0 fully saturated rings. The van der Waals surface area contributed by atoms with E-state index in [1.807, 2.05) is 104 Å². The summed E-state index contributed by atoms with van der Waals surface area (Å²) in [4.78, 5) is 153. The second-order valence-electron chi connectivity index (χ2n) is 31.4. The Kier molecular flexibility index (Phi) is 30.0. The minimum atomic E-state index is -1.51. The van der Waals surface area contributed by atoms with Crippen LogP contribution in [0.25, 0.3) is 43.1 Å². The Hall–Kier alpha value is -12.6. The van der Waals surface area contributed by atoms with E-state index in [9.17, 15) is 19.2 Å². The molecule has 26 nitrogen and oxygen atoms in total. The largest absolute Gasteiger partial charge is 0.460 e. The molecule has 6 amide bonds. The normalized spacial score (nSPS) is 12.9. The lowest BCUT2D eigenvalue weighted by atomic mass is 9.80. The number of carbonyl (C=O) groups is 10. The second-order valence-corrected chi connectivity index (χ2v) is 31.4. The molecule has 26 heteroatoms. The lowest BCUT2D eigenvalue weighted by molar-refractivity contribution is -0.142. The minimum absolute atomic E-state index is 0.0109. The SMILES string of the molecule is C=C(C)C(=O)OCCOCCN(CCOCCOC(=O)C(=C)C)C(=O)C(CC(C)C)N1C(=O)c2cc(Oc3ccc(C)cc3)c3c4c(Oc5ccc(C)cc5)cc5c6c(cc(Oc7ccc(C)cc7)c(c7c(Oc8ccc(C)cc8)cc(c2c37)C1=O)c64)C(=O)N(C(CC(C)C)C(=O)N(CCOCCOC(=O)C(=C)C)CCOCCOC(=O)C(=C)C)C5=O. The average molecular weight is 1670 g/mol. The Bertz CT molecular complexity index is 4880. The summed E-state index contributed by atoms with van der Waals surface area (Å²) in [6, 6.07) is 31.9. The highest BCUT2D eigenvalue weighted by Crippen LogP contribution is 2.58. The van der Waals surface area contributed by atoms with Gasteiger partial charge in [0.2, 0.25) is 11.8 Å². The zero-order chi connectivity index (χ0) is 87.9. The molecule has 11 rings (SSSR count). The lowest BCUT2D eigenvalue weighted by Gasteiger charge is -2.38. The molecule has 0 radical (unpaired) electrons. The van der Waals surface area contributed by atoms with Crippen LogP contribution in [0, 0.1) is 39.5 Å². The Morgan fingerprint density at radius 2 is 0.525 bits per heavy atom. The van der Waals surface area contributed by atoms with Gasteiger partial charge < -0.3 is 66.6 Å². The summed E-state index contributed by atoms with van der Waals surface area (Å²) in [5, 5.41) is 1.49. The molecular formula is C96H104N4O22. The number of fused-ring (bicyclic) bond motifs is 2. The molecule has 0 N–H and O–H groups in total. The van der Waals surface area contributed by atoms with E-state index in [4.69, 9.17) is 56.8 Å². The number of nitrogens with zero attached hydrogens (tertiary/aromatic N) is 4. The van der Waals surface area contributed by atoms with Crippen molar-refractivity contribution in [2.45, 2.75) is 108 Å². The summed E-state index contributed by atoms with van der Waals surface area (Å²) >= 11 is 0. The highest BCUT2D eigenvalue weighted by atomic mass is 16.6. The van der Waals surface area contributed by atoms with Crippen LogP contribution in [-0.4, -0.2) is 196 Å². The van der Waals surface area contributed by atoms with E-state index < -0.39 is 71.4 Å². The summed E-state index contributed by atoms with van der Waals surface area (Å²) < 4.78 is 73.9. The van der Waals surface area contributed by atoms with Crippen molar-refractivity contribution in [3.63, 3.8) is 0 Å². The molecule has 122 heavy (non-hydrogen) atoms. The van der Waals surface area contributed by atoms with E-state index in [0.29, 0.717) is 23.0 Å². The van der Waals surface area contributed by atoms with Crippen molar-refractivity contribution in [3.8, 4) is 46.0 Å². The number of hydrogen-bond acceptors (Lipinski definition) is 22. The molecule has 9 aromatic carbocycles. The number of benzene rings is 9. The highest BCUT2D eigenvalue weighted by molar-refractivity contribution is 6.45. The van der Waals surface area contributed by atoms with E-state index >= 15 is 28.8 Å². The van der Waals surface area contributed by atoms with Gasteiger partial charge in [-0.15, -0.1) is 0 Å². The van der Waals surface area contributed by atoms with E-state index in [-0.39, 0.29) is 241 Å². The molecule has 0 saturated carbocycles. The monoisotopic (exact) mass is 1660 g/mol. The highest BCUT2D eigenvalue weighted by Gasteiger charge is 2.48. The maximum atomic E-state index is 16.7. The summed E-state index contributed by atoms with van der Waals surface area (Å²) in [7, 11) is 0. The Labute approximate surface area is 709 Å². The molecule has 2 aliphatic rings. The number of hydrogen-bond donors (Lipinski definition) is 0. The molecular weight excluding hydrogens is 1560 g/mol. The van der Waals surface area contributed by atoms with Crippen LogP contribution in [0.1, 0.15) is 132 Å². The zero-order valence-electron chi connectivity index (χ0n) is 71.2. The van der Waals surface area contributed by atoms with Gasteiger partial charge in [-0.3, -0.25) is 38.6 Å².